The Balaban J connectivity index is 1.67. The van der Waals surface area contributed by atoms with E-state index in [1.165, 1.54) is 0 Å². The van der Waals surface area contributed by atoms with Crippen LogP contribution >= 0.6 is 0 Å². The van der Waals surface area contributed by atoms with Gasteiger partial charge in [0.1, 0.15) is 0 Å². The molecule has 0 aromatic heterocycles. The van der Waals surface area contributed by atoms with Crippen molar-refractivity contribution < 1.29 is 14.3 Å². The van der Waals surface area contributed by atoms with E-state index < -0.39 is 0 Å². The number of anilines is 1. The monoisotopic (exact) mass is 264 g/mol. The standard InChI is InChI=1S/C14H20N2O3/c1-11-3-2-4-12(7-11)16-14(17)9-15-8-13-10-18-5-6-19-13/h2-4,7,13,15H,5-6,8-10H2,1H3,(H,16,17). The maximum Gasteiger partial charge on any atom is 0.238 e. The van der Waals surface area contributed by atoms with Crippen LogP contribution in [0.1, 0.15) is 5.56 Å². The molecule has 1 aromatic rings. The first-order chi connectivity index (χ1) is 9.24. The second kappa shape index (κ2) is 7.23. The van der Waals surface area contributed by atoms with Gasteiger partial charge in [0.2, 0.25) is 5.91 Å². The summed E-state index contributed by atoms with van der Waals surface area (Å²) in [7, 11) is 0. The lowest BCUT2D eigenvalue weighted by Crippen LogP contribution is -2.40. The Morgan fingerprint density at radius 2 is 2.32 bits per heavy atom. The SMILES string of the molecule is Cc1cccc(NC(=O)CNCC2COCCO2)c1. The molecule has 1 aromatic carbocycles. The van der Waals surface area contributed by atoms with Crippen molar-refractivity contribution in [1.29, 1.82) is 0 Å². The molecule has 1 atom stereocenters. The van der Waals surface area contributed by atoms with Gasteiger partial charge in [-0.25, -0.2) is 0 Å². The summed E-state index contributed by atoms with van der Waals surface area (Å²) in [5.41, 5.74) is 1.95. The summed E-state index contributed by atoms with van der Waals surface area (Å²) in [6, 6.07) is 7.73. The summed E-state index contributed by atoms with van der Waals surface area (Å²) in [4.78, 5) is 11.7. The fraction of sp³-hybridized carbons (Fsp3) is 0.500. The predicted octanol–water partition coefficient (Wildman–Crippen LogP) is 0.939. The van der Waals surface area contributed by atoms with E-state index in [1.807, 2.05) is 31.2 Å². The quantitative estimate of drug-likeness (QED) is 0.831. The van der Waals surface area contributed by atoms with Crippen molar-refractivity contribution in [3.8, 4) is 0 Å². The maximum atomic E-state index is 11.7. The summed E-state index contributed by atoms with van der Waals surface area (Å²) in [6.07, 6.45) is 0.0421. The molecule has 1 fully saturated rings. The third kappa shape index (κ3) is 4.98. The van der Waals surface area contributed by atoms with Crippen LogP contribution in [0.5, 0.6) is 0 Å². The number of hydrogen-bond donors (Lipinski definition) is 2. The minimum atomic E-state index is -0.0534. The highest BCUT2D eigenvalue weighted by molar-refractivity contribution is 5.92. The zero-order chi connectivity index (χ0) is 13.5. The third-order valence-corrected chi connectivity index (χ3v) is 2.84. The maximum absolute atomic E-state index is 11.7. The second-order valence-corrected chi connectivity index (χ2v) is 4.62. The van der Waals surface area contributed by atoms with Gasteiger partial charge in [-0.15, -0.1) is 0 Å². The Labute approximate surface area is 113 Å². The van der Waals surface area contributed by atoms with E-state index in [-0.39, 0.29) is 18.6 Å². The van der Waals surface area contributed by atoms with E-state index in [2.05, 4.69) is 10.6 Å². The molecule has 1 saturated heterocycles. The van der Waals surface area contributed by atoms with Gasteiger partial charge in [0.25, 0.3) is 0 Å². The van der Waals surface area contributed by atoms with Crippen LogP contribution in [0.3, 0.4) is 0 Å². The van der Waals surface area contributed by atoms with Gasteiger partial charge in [-0.05, 0) is 24.6 Å². The molecule has 1 amide bonds. The van der Waals surface area contributed by atoms with E-state index in [9.17, 15) is 4.79 Å². The molecule has 19 heavy (non-hydrogen) atoms. The van der Waals surface area contributed by atoms with Crippen molar-refractivity contribution in [2.45, 2.75) is 13.0 Å². The summed E-state index contributed by atoms with van der Waals surface area (Å²) in [5, 5.41) is 5.92. The van der Waals surface area contributed by atoms with Crippen molar-refractivity contribution in [3.05, 3.63) is 29.8 Å². The Hall–Kier alpha value is -1.43. The zero-order valence-electron chi connectivity index (χ0n) is 11.1. The van der Waals surface area contributed by atoms with Crippen LogP contribution in [-0.2, 0) is 14.3 Å². The molecular formula is C14H20N2O3. The molecule has 1 heterocycles. The largest absolute Gasteiger partial charge is 0.376 e. The molecule has 1 aliphatic rings. The van der Waals surface area contributed by atoms with Gasteiger partial charge in [0.05, 0.1) is 32.5 Å². The van der Waals surface area contributed by atoms with E-state index in [1.54, 1.807) is 0 Å². The molecule has 0 bridgehead atoms. The average molecular weight is 264 g/mol. The highest BCUT2D eigenvalue weighted by atomic mass is 16.6. The highest BCUT2D eigenvalue weighted by Gasteiger charge is 2.14. The smallest absolute Gasteiger partial charge is 0.238 e. The molecule has 1 unspecified atom stereocenters. The Morgan fingerprint density at radius 1 is 1.42 bits per heavy atom. The topological polar surface area (TPSA) is 59.6 Å². The van der Waals surface area contributed by atoms with Crippen molar-refractivity contribution in [2.24, 2.45) is 0 Å². The molecule has 2 rings (SSSR count). The number of nitrogens with one attached hydrogen (secondary N) is 2. The first-order valence-electron chi connectivity index (χ1n) is 6.50. The van der Waals surface area contributed by atoms with Gasteiger partial charge < -0.3 is 20.1 Å². The number of hydrogen-bond acceptors (Lipinski definition) is 4. The van der Waals surface area contributed by atoms with Crippen molar-refractivity contribution in [2.75, 3.05) is 38.2 Å². The summed E-state index contributed by atoms with van der Waals surface area (Å²) < 4.78 is 10.8. The Bertz CT molecular complexity index is 417. The summed E-state index contributed by atoms with van der Waals surface area (Å²) >= 11 is 0. The van der Waals surface area contributed by atoms with Crippen molar-refractivity contribution in [1.82, 2.24) is 5.32 Å². The fourth-order valence-corrected chi connectivity index (χ4v) is 1.93. The van der Waals surface area contributed by atoms with E-state index in [0.717, 1.165) is 11.3 Å². The van der Waals surface area contributed by atoms with Crippen molar-refractivity contribution >= 4 is 11.6 Å². The normalized spacial score (nSPS) is 19.1. The molecule has 1 aliphatic heterocycles. The summed E-state index contributed by atoms with van der Waals surface area (Å²) in [5.74, 6) is -0.0534. The lowest BCUT2D eigenvalue weighted by Gasteiger charge is -2.23. The molecule has 104 valence electrons. The second-order valence-electron chi connectivity index (χ2n) is 4.62. The number of aryl methyl sites for hydroxylation is 1. The zero-order valence-corrected chi connectivity index (χ0v) is 11.1. The number of carbonyl (C=O) groups excluding carboxylic acids is 1. The number of carbonyl (C=O) groups is 1. The van der Waals surface area contributed by atoms with Crippen LogP contribution < -0.4 is 10.6 Å². The fourth-order valence-electron chi connectivity index (χ4n) is 1.93. The van der Waals surface area contributed by atoms with Gasteiger partial charge in [-0.2, -0.15) is 0 Å². The Kier molecular flexibility index (Phi) is 5.32. The van der Waals surface area contributed by atoms with Gasteiger partial charge in [0.15, 0.2) is 0 Å². The first-order valence-corrected chi connectivity index (χ1v) is 6.50. The first kappa shape index (κ1) is 14.0. The number of ether oxygens (including phenoxy) is 2. The van der Waals surface area contributed by atoms with Gasteiger partial charge in [0, 0.05) is 12.2 Å². The van der Waals surface area contributed by atoms with Crippen LogP contribution in [0.4, 0.5) is 5.69 Å². The van der Waals surface area contributed by atoms with Crippen LogP contribution in [0, 0.1) is 6.92 Å². The Morgan fingerprint density at radius 3 is 3.05 bits per heavy atom. The molecule has 0 radical (unpaired) electrons. The number of benzene rings is 1. The van der Waals surface area contributed by atoms with Gasteiger partial charge >= 0.3 is 0 Å². The molecule has 0 spiro atoms. The molecule has 5 heteroatoms. The molecule has 0 saturated carbocycles. The lowest BCUT2D eigenvalue weighted by molar-refractivity contribution is -0.116. The summed E-state index contributed by atoms with van der Waals surface area (Å²) in [6.45, 7) is 4.77. The third-order valence-electron chi connectivity index (χ3n) is 2.84. The van der Waals surface area contributed by atoms with Gasteiger partial charge in [-0.3, -0.25) is 4.79 Å². The minimum Gasteiger partial charge on any atom is -0.376 e. The van der Waals surface area contributed by atoms with Crippen LogP contribution in [-0.4, -0.2) is 44.9 Å². The van der Waals surface area contributed by atoms with E-state index in [0.29, 0.717) is 26.4 Å². The molecule has 0 aliphatic carbocycles. The molecule has 5 nitrogen and oxygen atoms in total. The van der Waals surface area contributed by atoms with Crippen LogP contribution in [0.15, 0.2) is 24.3 Å². The minimum absolute atomic E-state index is 0.0421. The van der Waals surface area contributed by atoms with Crippen LogP contribution in [0.2, 0.25) is 0 Å². The lowest BCUT2D eigenvalue weighted by atomic mass is 10.2. The van der Waals surface area contributed by atoms with Crippen LogP contribution in [0.25, 0.3) is 0 Å². The predicted molar refractivity (Wildman–Crippen MR) is 73.2 cm³/mol. The average Bonchev–Trinajstić information content (AvgIpc) is 2.40. The molecular weight excluding hydrogens is 244 g/mol. The van der Waals surface area contributed by atoms with Crippen molar-refractivity contribution in [3.63, 3.8) is 0 Å². The van der Waals surface area contributed by atoms with E-state index >= 15 is 0 Å². The molecule has 2 N–H and O–H groups in total. The highest BCUT2D eigenvalue weighted by Crippen LogP contribution is 2.08. The van der Waals surface area contributed by atoms with Gasteiger partial charge in [-0.1, -0.05) is 12.1 Å². The van der Waals surface area contributed by atoms with E-state index in [4.69, 9.17) is 9.47 Å². The number of amides is 1. The number of rotatable bonds is 5.